The molecular weight excluding hydrogens is 260 g/mol. The second kappa shape index (κ2) is 5.63. The first-order chi connectivity index (χ1) is 8.90. The zero-order valence-electron chi connectivity index (χ0n) is 11.6. The van der Waals surface area contributed by atoms with Crippen molar-refractivity contribution < 1.29 is 13.5 Å². The highest BCUT2D eigenvalue weighted by molar-refractivity contribution is 7.91. The zero-order chi connectivity index (χ0) is 14.0. The smallest absolute Gasteiger partial charge is 0.178 e. The van der Waals surface area contributed by atoms with E-state index in [-0.39, 0.29) is 17.8 Å². The fraction of sp³-hybridized carbons (Fsp3) is 0.600. The molecule has 3 nitrogen and oxygen atoms in total. The standard InChI is InChI=1S/C15H22O3S/c1-11-6-7-15(12(2)10-11)19(17,18)9-8-13-4-3-5-14(13)16/h6-7,10,13-14,16H,3-5,8-9H2,1-2H3. The van der Waals surface area contributed by atoms with Gasteiger partial charge in [-0.15, -0.1) is 0 Å². The van der Waals surface area contributed by atoms with Crippen molar-refractivity contribution in [3.8, 4) is 0 Å². The fourth-order valence-corrected chi connectivity index (χ4v) is 4.58. The molecule has 1 fully saturated rings. The number of sulfone groups is 1. The average Bonchev–Trinajstić information content (AvgIpc) is 2.72. The molecule has 19 heavy (non-hydrogen) atoms. The maximum Gasteiger partial charge on any atom is 0.178 e. The first-order valence-electron chi connectivity index (χ1n) is 6.88. The van der Waals surface area contributed by atoms with Crippen LogP contribution in [0, 0.1) is 19.8 Å². The number of aliphatic hydroxyl groups excluding tert-OH is 1. The van der Waals surface area contributed by atoms with Gasteiger partial charge in [-0.05, 0) is 50.7 Å². The molecule has 4 heteroatoms. The van der Waals surface area contributed by atoms with Gasteiger partial charge in [-0.25, -0.2) is 8.42 Å². The quantitative estimate of drug-likeness (QED) is 0.923. The van der Waals surface area contributed by atoms with Gasteiger partial charge in [-0.1, -0.05) is 24.1 Å². The van der Waals surface area contributed by atoms with Crippen LogP contribution in [0.3, 0.4) is 0 Å². The third-order valence-corrected chi connectivity index (χ3v) is 5.94. The Bertz CT molecular complexity index is 549. The Hall–Kier alpha value is -0.870. The van der Waals surface area contributed by atoms with Gasteiger partial charge in [0.05, 0.1) is 16.8 Å². The van der Waals surface area contributed by atoms with Crippen molar-refractivity contribution in [2.45, 2.75) is 50.5 Å². The average molecular weight is 282 g/mol. The summed E-state index contributed by atoms with van der Waals surface area (Å²) in [5.41, 5.74) is 1.88. The van der Waals surface area contributed by atoms with Crippen LogP contribution < -0.4 is 0 Å². The monoisotopic (exact) mass is 282 g/mol. The molecule has 1 saturated carbocycles. The minimum absolute atomic E-state index is 0.138. The summed E-state index contributed by atoms with van der Waals surface area (Å²) in [4.78, 5) is 0.436. The van der Waals surface area contributed by atoms with E-state index in [2.05, 4.69) is 0 Å². The van der Waals surface area contributed by atoms with E-state index in [0.29, 0.717) is 11.3 Å². The molecule has 0 aromatic heterocycles. The Kier molecular flexibility index (Phi) is 4.31. The molecule has 2 atom stereocenters. The number of rotatable bonds is 4. The van der Waals surface area contributed by atoms with Gasteiger partial charge in [0.1, 0.15) is 0 Å². The van der Waals surface area contributed by atoms with Crippen molar-refractivity contribution >= 4 is 9.84 Å². The van der Waals surface area contributed by atoms with Crippen LogP contribution in [-0.4, -0.2) is 25.4 Å². The van der Waals surface area contributed by atoms with Crippen molar-refractivity contribution in [3.63, 3.8) is 0 Å². The Morgan fingerprint density at radius 3 is 2.58 bits per heavy atom. The lowest BCUT2D eigenvalue weighted by Crippen LogP contribution is -2.18. The predicted octanol–water partition coefficient (Wildman–Crippen LogP) is 2.63. The summed E-state index contributed by atoms with van der Waals surface area (Å²) in [6.07, 6.45) is 3.03. The molecule has 0 spiro atoms. The van der Waals surface area contributed by atoms with Crippen LogP contribution in [0.1, 0.15) is 36.8 Å². The second-order valence-corrected chi connectivity index (χ2v) is 7.71. The zero-order valence-corrected chi connectivity index (χ0v) is 12.4. The molecule has 1 aliphatic carbocycles. The van der Waals surface area contributed by atoms with Crippen molar-refractivity contribution in [1.82, 2.24) is 0 Å². The van der Waals surface area contributed by atoms with Crippen molar-refractivity contribution in [3.05, 3.63) is 29.3 Å². The van der Waals surface area contributed by atoms with Gasteiger partial charge in [0.25, 0.3) is 0 Å². The Labute approximate surface area is 115 Å². The minimum Gasteiger partial charge on any atom is -0.393 e. The van der Waals surface area contributed by atoms with E-state index in [1.165, 1.54) is 0 Å². The summed E-state index contributed by atoms with van der Waals surface area (Å²) in [7, 11) is -3.23. The maximum absolute atomic E-state index is 12.3. The second-order valence-electron chi connectivity index (χ2n) is 5.63. The van der Waals surface area contributed by atoms with E-state index < -0.39 is 9.84 Å². The predicted molar refractivity (Wildman–Crippen MR) is 75.9 cm³/mol. The molecule has 0 bridgehead atoms. The Morgan fingerprint density at radius 2 is 2.00 bits per heavy atom. The van der Waals surface area contributed by atoms with Gasteiger partial charge in [-0.2, -0.15) is 0 Å². The van der Waals surface area contributed by atoms with Crippen molar-refractivity contribution in [2.75, 3.05) is 5.75 Å². The highest BCUT2D eigenvalue weighted by Crippen LogP contribution is 2.29. The van der Waals surface area contributed by atoms with E-state index in [4.69, 9.17) is 0 Å². The van der Waals surface area contributed by atoms with Crippen LogP contribution in [0.5, 0.6) is 0 Å². The molecule has 0 saturated heterocycles. The van der Waals surface area contributed by atoms with Crippen LogP contribution >= 0.6 is 0 Å². The molecule has 1 N–H and O–H groups in total. The molecule has 1 aliphatic rings. The van der Waals surface area contributed by atoms with E-state index in [1.807, 2.05) is 26.0 Å². The molecule has 1 aromatic rings. The summed E-state index contributed by atoms with van der Waals surface area (Å²) in [5, 5.41) is 9.75. The molecule has 0 aliphatic heterocycles. The fourth-order valence-electron chi connectivity index (χ4n) is 2.92. The van der Waals surface area contributed by atoms with Gasteiger partial charge in [-0.3, -0.25) is 0 Å². The van der Waals surface area contributed by atoms with Crippen LogP contribution in [-0.2, 0) is 9.84 Å². The third-order valence-electron chi connectivity index (χ3n) is 4.04. The normalized spacial score (nSPS) is 23.7. The number of aliphatic hydroxyl groups is 1. The highest BCUT2D eigenvalue weighted by Gasteiger charge is 2.27. The third kappa shape index (κ3) is 3.37. The molecule has 2 unspecified atom stereocenters. The van der Waals surface area contributed by atoms with Gasteiger partial charge in [0.15, 0.2) is 9.84 Å². The topological polar surface area (TPSA) is 54.4 Å². The minimum atomic E-state index is -3.23. The molecule has 0 radical (unpaired) electrons. The van der Waals surface area contributed by atoms with E-state index in [1.54, 1.807) is 6.07 Å². The van der Waals surface area contributed by atoms with Crippen LogP contribution in [0.15, 0.2) is 23.1 Å². The van der Waals surface area contributed by atoms with Gasteiger partial charge in [0.2, 0.25) is 0 Å². The summed E-state index contributed by atoms with van der Waals surface area (Å²) >= 11 is 0. The van der Waals surface area contributed by atoms with Crippen LogP contribution in [0.2, 0.25) is 0 Å². The maximum atomic E-state index is 12.3. The van der Waals surface area contributed by atoms with Gasteiger partial charge >= 0.3 is 0 Å². The largest absolute Gasteiger partial charge is 0.393 e. The summed E-state index contributed by atoms with van der Waals surface area (Å²) in [6.45, 7) is 3.79. The van der Waals surface area contributed by atoms with Gasteiger partial charge in [0, 0.05) is 0 Å². The Balaban J connectivity index is 2.09. The molecule has 106 valence electrons. The summed E-state index contributed by atoms with van der Waals surface area (Å²) < 4.78 is 24.7. The first-order valence-corrected chi connectivity index (χ1v) is 8.53. The Morgan fingerprint density at radius 1 is 1.26 bits per heavy atom. The van der Waals surface area contributed by atoms with Gasteiger partial charge < -0.3 is 5.11 Å². The SMILES string of the molecule is Cc1ccc(S(=O)(=O)CCC2CCCC2O)c(C)c1. The summed E-state index contributed by atoms with van der Waals surface area (Å²) in [6, 6.07) is 5.44. The van der Waals surface area contributed by atoms with Crippen molar-refractivity contribution in [2.24, 2.45) is 5.92 Å². The number of hydrogen-bond donors (Lipinski definition) is 1. The molecular formula is C15H22O3S. The van der Waals surface area contributed by atoms with Crippen LogP contribution in [0.4, 0.5) is 0 Å². The lowest BCUT2D eigenvalue weighted by Gasteiger charge is -2.15. The highest BCUT2D eigenvalue weighted by atomic mass is 32.2. The lowest BCUT2D eigenvalue weighted by atomic mass is 10.0. The lowest BCUT2D eigenvalue weighted by molar-refractivity contribution is 0.131. The number of hydrogen-bond acceptors (Lipinski definition) is 3. The van der Waals surface area contributed by atoms with E-state index >= 15 is 0 Å². The molecule has 0 amide bonds. The molecule has 0 heterocycles. The van der Waals surface area contributed by atoms with Crippen LogP contribution in [0.25, 0.3) is 0 Å². The van der Waals surface area contributed by atoms with Crippen molar-refractivity contribution in [1.29, 1.82) is 0 Å². The van der Waals surface area contributed by atoms with E-state index in [9.17, 15) is 13.5 Å². The molecule has 1 aromatic carbocycles. The number of benzene rings is 1. The van der Waals surface area contributed by atoms with E-state index in [0.717, 1.165) is 30.4 Å². The molecule has 2 rings (SSSR count). The first kappa shape index (κ1) is 14.5. The number of aryl methyl sites for hydroxylation is 2. The summed E-state index contributed by atoms with van der Waals surface area (Å²) in [5.74, 6) is 0.291.